The van der Waals surface area contributed by atoms with Gasteiger partial charge < -0.3 is 19.4 Å². The zero-order chi connectivity index (χ0) is 18.0. The van der Waals surface area contributed by atoms with Crippen LogP contribution in [0, 0.1) is 0 Å². The Morgan fingerprint density at radius 2 is 2.23 bits per heavy atom. The molecule has 0 aliphatic carbocycles. The zero-order valence-corrected chi connectivity index (χ0v) is 16.0. The van der Waals surface area contributed by atoms with Crippen molar-refractivity contribution in [3.63, 3.8) is 0 Å². The summed E-state index contributed by atoms with van der Waals surface area (Å²) in [5, 5.41) is 4.56. The second-order valence-electron chi connectivity index (χ2n) is 7.29. The highest BCUT2D eigenvalue weighted by molar-refractivity contribution is 6.30. The minimum absolute atomic E-state index is 0.0383. The van der Waals surface area contributed by atoms with Crippen LogP contribution in [-0.2, 0) is 16.7 Å². The van der Waals surface area contributed by atoms with Crippen LogP contribution in [0.25, 0.3) is 0 Å². The molecule has 0 spiro atoms. The standard InChI is InChI=1S/C20H26ClN3O2/c1-25-18-5-4-15(21)13-16(18)20(6-11-26-12-7-20)14-23-17-3-2-9-24-10-8-22-19(17)24/h4-5,8,10,13,17,23H,2-3,6-7,9,11-12,14H2,1H3. The van der Waals surface area contributed by atoms with E-state index in [9.17, 15) is 0 Å². The lowest BCUT2D eigenvalue weighted by atomic mass is 9.73. The van der Waals surface area contributed by atoms with Crippen molar-refractivity contribution in [2.24, 2.45) is 0 Å². The van der Waals surface area contributed by atoms with Crippen molar-refractivity contribution in [2.45, 2.75) is 43.7 Å². The fraction of sp³-hybridized carbons (Fsp3) is 0.550. The van der Waals surface area contributed by atoms with E-state index in [2.05, 4.69) is 27.1 Å². The first kappa shape index (κ1) is 17.8. The number of rotatable bonds is 5. The minimum Gasteiger partial charge on any atom is -0.496 e. The molecule has 1 aromatic carbocycles. The Morgan fingerprint density at radius 3 is 3.04 bits per heavy atom. The summed E-state index contributed by atoms with van der Waals surface area (Å²) in [5.74, 6) is 2.06. The summed E-state index contributed by atoms with van der Waals surface area (Å²) >= 11 is 6.34. The fourth-order valence-electron chi connectivity index (χ4n) is 4.32. The number of imidazole rings is 1. The van der Waals surface area contributed by atoms with E-state index in [0.717, 1.165) is 62.2 Å². The molecule has 0 bridgehead atoms. The highest BCUT2D eigenvalue weighted by atomic mass is 35.5. The minimum atomic E-state index is -0.0383. The van der Waals surface area contributed by atoms with Gasteiger partial charge in [0.2, 0.25) is 0 Å². The molecule has 5 nitrogen and oxygen atoms in total. The molecule has 2 aliphatic heterocycles. The maximum absolute atomic E-state index is 6.34. The van der Waals surface area contributed by atoms with Crippen LogP contribution >= 0.6 is 11.6 Å². The molecule has 140 valence electrons. The van der Waals surface area contributed by atoms with Gasteiger partial charge in [0.05, 0.1) is 13.2 Å². The van der Waals surface area contributed by atoms with Crippen LogP contribution in [0.4, 0.5) is 0 Å². The summed E-state index contributed by atoms with van der Waals surface area (Å²) < 4.78 is 13.6. The number of aromatic nitrogens is 2. The van der Waals surface area contributed by atoms with E-state index >= 15 is 0 Å². The molecule has 1 saturated heterocycles. The van der Waals surface area contributed by atoms with Crippen LogP contribution in [-0.4, -0.2) is 36.4 Å². The lowest BCUT2D eigenvalue weighted by Gasteiger charge is -2.40. The van der Waals surface area contributed by atoms with Crippen LogP contribution in [0.2, 0.25) is 5.02 Å². The first-order valence-corrected chi connectivity index (χ1v) is 9.76. The summed E-state index contributed by atoms with van der Waals surface area (Å²) in [4.78, 5) is 4.58. The van der Waals surface area contributed by atoms with Gasteiger partial charge in [-0.2, -0.15) is 0 Å². The second kappa shape index (κ2) is 7.59. The Morgan fingerprint density at radius 1 is 1.38 bits per heavy atom. The predicted octanol–water partition coefficient (Wildman–Crippen LogP) is 3.72. The van der Waals surface area contributed by atoms with Crippen molar-refractivity contribution in [2.75, 3.05) is 26.9 Å². The molecule has 1 aromatic heterocycles. The van der Waals surface area contributed by atoms with Gasteiger partial charge in [0, 0.05) is 54.7 Å². The van der Waals surface area contributed by atoms with Crippen LogP contribution in [0.5, 0.6) is 5.75 Å². The lowest BCUT2D eigenvalue weighted by Crippen LogP contribution is -2.45. The third-order valence-corrected chi connectivity index (χ3v) is 6.06. The average molecular weight is 376 g/mol. The van der Waals surface area contributed by atoms with Crippen LogP contribution in [0.1, 0.15) is 43.1 Å². The summed E-state index contributed by atoms with van der Waals surface area (Å²) in [6.07, 6.45) is 8.19. The smallest absolute Gasteiger partial charge is 0.125 e. The molecule has 1 atom stereocenters. The topological polar surface area (TPSA) is 48.3 Å². The normalized spacial score (nSPS) is 22.0. The number of aryl methyl sites for hydroxylation is 1. The number of ether oxygens (including phenoxy) is 2. The van der Waals surface area contributed by atoms with Crippen molar-refractivity contribution in [1.82, 2.24) is 14.9 Å². The molecule has 26 heavy (non-hydrogen) atoms. The maximum atomic E-state index is 6.34. The molecule has 1 unspecified atom stereocenters. The molecule has 2 aliphatic rings. The summed E-state index contributed by atoms with van der Waals surface area (Å²) in [5.41, 5.74) is 1.14. The van der Waals surface area contributed by atoms with Crippen LogP contribution in [0.3, 0.4) is 0 Å². The third-order valence-electron chi connectivity index (χ3n) is 5.82. The number of fused-ring (bicyclic) bond motifs is 1. The highest BCUT2D eigenvalue weighted by Crippen LogP contribution is 2.41. The number of hydrogen-bond donors (Lipinski definition) is 1. The largest absolute Gasteiger partial charge is 0.496 e. The second-order valence-corrected chi connectivity index (χ2v) is 7.73. The Bertz CT molecular complexity index is 755. The van der Waals surface area contributed by atoms with Gasteiger partial charge >= 0.3 is 0 Å². The van der Waals surface area contributed by atoms with Crippen molar-refractivity contribution < 1.29 is 9.47 Å². The molecular formula is C20H26ClN3O2. The number of methoxy groups -OCH3 is 1. The van der Waals surface area contributed by atoms with E-state index in [4.69, 9.17) is 21.1 Å². The predicted molar refractivity (Wildman–Crippen MR) is 102 cm³/mol. The summed E-state index contributed by atoms with van der Waals surface area (Å²) in [7, 11) is 1.73. The number of benzene rings is 1. The fourth-order valence-corrected chi connectivity index (χ4v) is 4.50. The average Bonchev–Trinajstić information content (AvgIpc) is 3.16. The van der Waals surface area contributed by atoms with Gasteiger partial charge in [-0.25, -0.2) is 4.98 Å². The van der Waals surface area contributed by atoms with Gasteiger partial charge in [-0.05, 0) is 43.9 Å². The monoisotopic (exact) mass is 375 g/mol. The molecule has 1 N–H and O–H groups in total. The number of halogens is 1. The Labute approximate surface area is 159 Å². The zero-order valence-electron chi connectivity index (χ0n) is 15.2. The number of hydrogen-bond acceptors (Lipinski definition) is 4. The molecule has 0 amide bonds. The molecule has 2 aromatic rings. The molecule has 3 heterocycles. The van der Waals surface area contributed by atoms with E-state index in [-0.39, 0.29) is 5.41 Å². The van der Waals surface area contributed by atoms with Gasteiger partial charge in [0.1, 0.15) is 11.6 Å². The molecule has 0 radical (unpaired) electrons. The summed E-state index contributed by atoms with van der Waals surface area (Å²) in [6, 6.07) is 6.23. The molecule has 0 saturated carbocycles. The van der Waals surface area contributed by atoms with E-state index in [1.807, 2.05) is 18.3 Å². The van der Waals surface area contributed by atoms with Crippen molar-refractivity contribution >= 4 is 11.6 Å². The van der Waals surface area contributed by atoms with E-state index in [1.165, 1.54) is 12.0 Å². The van der Waals surface area contributed by atoms with E-state index in [1.54, 1.807) is 7.11 Å². The molecular weight excluding hydrogens is 350 g/mol. The van der Waals surface area contributed by atoms with Crippen LogP contribution < -0.4 is 10.1 Å². The molecule has 6 heteroatoms. The van der Waals surface area contributed by atoms with Gasteiger partial charge in [-0.15, -0.1) is 0 Å². The first-order chi connectivity index (χ1) is 12.7. The first-order valence-electron chi connectivity index (χ1n) is 9.38. The van der Waals surface area contributed by atoms with E-state index < -0.39 is 0 Å². The van der Waals surface area contributed by atoms with Crippen LogP contribution in [0.15, 0.2) is 30.6 Å². The SMILES string of the molecule is COc1ccc(Cl)cc1C1(CNC2CCCn3ccnc32)CCOCC1. The van der Waals surface area contributed by atoms with Crippen molar-refractivity contribution in [1.29, 1.82) is 0 Å². The molecule has 1 fully saturated rings. The number of nitrogens with zero attached hydrogens (tertiary/aromatic N) is 2. The van der Waals surface area contributed by atoms with Gasteiger partial charge in [-0.1, -0.05) is 11.6 Å². The van der Waals surface area contributed by atoms with Gasteiger partial charge in [0.15, 0.2) is 0 Å². The Hall–Kier alpha value is -1.56. The molecule has 4 rings (SSSR count). The van der Waals surface area contributed by atoms with E-state index in [0.29, 0.717) is 6.04 Å². The van der Waals surface area contributed by atoms with Crippen molar-refractivity contribution in [3.8, 4) is 5.75 Å². The number of nitrogens with one attached hydrogen (secondary N) is 1. The van der Waals surface area contributed by atoms with Gasteiger partial charge in [-0.3, -0.25) is 0 Å². The summed E-state index contributed by atoms with van der Waals surface area (Å²) in [6.45, 7) is 3.45. The van der Waals surface area contributed by atoms with Crippen molar-refractivity contribution in [3.05, 3.63) is 47.0 Å². The third kappa shape index (κ3) is 3.36. The Balaban J connectivity index is 1.61. The highest BCUT2D eigenvalue weighted by Gasteiger charge is 2.38. The quantitative estimate of drug-likeness (QED) is 0.865. The lowest BCUT2D eigenvalue weighted by molar-refractivity contribution is 0.0475. The van der Waals surface area contributed by atoms with Gasteiger partial charge in [0.25, 0.3) is 0 Å². The Kier molecular flexibility index (Phi) is 5.20. The maximum Gasteiger partial charge on any atom is 0.125 e.